The molecule has 0 atom stereocenters. The Morgan fingerprint density at radius 3 is 1.30 bits per heavy atom. The Bertz CT molecular complexity index is 5900. The highest BCUT2D eigenvalue weighted by atomic mass is 32.1. The van der Waals surface area contributed by atoms with E-state index >= 15 is 0 Å². The maximum Gasteiger partial charge on any atom is 0.0546 e. The molecule has 91 heavy (non-hydrogen) atoms. The van der Waals surface area contributed by atoms with Crippen LogP contribution in [0.5, 0.6) is 0 Å². The van der Waals surface area contributed by atoms with Gasteiger partial charge in [0.05, 0.1) is 17.1 Å². The summed E-state index contributed by atoms with van der Waals surface area (Å²) in [6.45, 7) is 0. The van der Waals surface area contributed by atoms with Crippen LogP contribution in [0.3, 0.4) is 0 Å². The fourth-order valence-electron chi connectivity index (χ4n) is 14.5. The second-order valence-corrected chi connectivity index (χ2v) is 25.0. The van der Waals surface area contributed by atoms with Gasteiger partial charge in [0.1, 0.15) is 0 Å². The van der Waals surface area contributed by atoms with E-state index in [0.717, 1.165) is 50.8 Å². The first-order chi connectivity index (χ1) is 45.1. The second kappa shape index (κ2) is 21.6. The minimum absolute atomic E-state index is 1.06. The third-order valence-corrected chi connectivity index (χ3v) is 19.9. The molecule has 0 unspecified atom stereocenters. The van der Waals surface area contributed by atoms with Crippen LogP contribution < -0.4 is 9.80 Å². The highest BCUT2D eigenvalue weighted by Gasteiger charge is 2.25. The fraction of sp³-hybridized carbons (Fsp3) is 0. The summed E-state index contributed by atoms with van der Waals surface area (Å²) in [6.07, 6.45) is 0. The van der Waals surface area contributed by atoms with Crippen LogP contribution in [0.15, 0.2) is 340 Å². The molecule has 0 amide bonds. The Morgan fingerprint density at radius 2 is 0.615 bits per heavy atom. The molecule has 0 N–H and O–H groups in total. The van der Waals surface area contributed by atoms with Gasteiger partial charge in [0, 0.05) is 53.7 Å². The van der Waals surface area contributed by atoms with Gasteiger partial charge < -0.3 is 9.80 Å². The number of anilines is 6. The molecular weight excluding hydrogens is 1120 g/mol. The van der Waals surface area contributed by atoms with Gasteiger partial charge in [-0.1, -0.05) is 261 Å². The van der Waals surface area contributed by atoms with Gasteiger partial charge >= 0.3 is 0 Å². The average Bonchev–Trinajstić information content (AvgIpc) is 1.81. The summed E-state index contributed by atoms with van der Waals surface area (Å²) in [5, 5.41) is 19.9. The standard InChI is InChI=1S/C88H56N2S/c1-2-18-57(19-3-1)61-42-50-73-65(52-61)36-37-66-54-69(48-51-74(66)73)89(67-44-38-58(39-45-67)62-43-49-72-64(53-62)35-34-59-20-4-6-22-70(59)72)83-31-15-12-27-78(83)79-28-13-16-32-84(79)90(85-55-63-21-5-7-23-71(63)75-24-8-10-26-77(75)85)68-46-40-60(41-47-68)82-56-87-88(80-29-11-9-25-76(80)82)81-30-14-17-33-86(81)91-87/h1-56H. The molecule has 0 bridgehead atoms. The van der Waals surface area contributed by atoms with Crippen LogP contribution in [0.1, 0.15) is 0 Å². The summed E-state index contributed by atoms with van der Waals surface area (Å²) in [4.78, 5) is 4.97. The van der Waals surface area contributed by atoms with E-state index in [2.05, 4.69) is 350 Å². The number of thiophene rings is 1. The molecule has 0 fully saturated rings. The van der Waals surface area contributed by atoms with Crippen LogP contribution in [0.4, 0.5) is 34.1 Å². The van der Waals surface area contributed by atoms with Crippen molar-refractivity contribution >= 4 is 141 Å². The van der Waals surface area contributed by atoms with Crippen molar-refractivity contribution in [3.63, 3.8) is 0 Å². The molecule has 18 rings (SSSR count). The lowest BCUT2D eigenvalue weighted by molar-refractivity contribution is 1.28. The summed E-state index contributed by atoms with van der Waals surface area (Å²) in [6, 6.07) is 126. The molecule has 2 nitrogen and oxygen atoms in total. The average molecular weight is 1170 g/mol. The maximum absolute atomic E-state index is 2.51. The molecule has 0 saturated carbocycles. The summed E-state index contributed by atoms with van der Waals surface area (Å²) < 4.78 is 2.61. The van der Waals surface area contributed by atoms with Gasteiger partial charge in [-0.25, -0.2) is 0 Å². The zero-order valence-corrected chi connectivity index (χ0v) is 50.5. The van der Waals surface area contributed by atoms with Crippen LogP contribution >= 0.6 is 11.3 Å². The van der Waals surface area contributed by atoms with E-state index < -0.39 is 0 Å². The van der Waals surface area contributed by atoms with Gasteiger partial charge in [0.2, 0.25) is 0 Å². The SMILES string of the molecule is c1ccc(-c2ccc3c(ccc4cc(N(c5ccc(-c6ccc7c(ccc8ccccc87)c6)cc5)c5ccccc5-c5ccccc5N(c5ccc(-c6cc7sc8ccccc8c7c7ccccc67)cc5)c5cc6ccccc6c6ccccc56)ccc43)c2)cc1. The van der Waals surface area contributed by atoms with E-state index in [1.54, 1.807) is 0 Å². The Balaban J connectivity index is 0.812. The zero-order valence-electron chi connectivity index (χ0n) is 49.6. The van der Waals surface area contributed by atoms with Crippen molar-refractivity contribution in [1.82, 2.24) is 0 Å². The predicted octanol–water partition coefficient (Wildman–Crippen LogP) is 25.7. The van der Waals surface area contributed by atoms with Crippen LogP contribution in [-0.2, 0) is 0 Å². The van der Waals surface area contributed by atoms with Crippen molar-refractivity contribution in [3.05, 3.63) is 340 Å². The molecule has 1 heterocycles. The third kappa shape index (κ3) is 8.92. The van der Waals surface area contributed by atoms with Gasteiger partial charge in [-0.3, -0.25) is 0 Å². The third-order valence-electron chi connectivity index (χ3n) is 18.8. The largest absolute Gasteiger partial charge is 0.310 e. The van der Waals surface area contributed by atoms with Gasteiger partial charge in [0.25, 0.3) is 0 Å². The van der Waals surface area contributed by atoms with Crippen molar-refractivity contribution in [3.8, 4) is 44.5 Å². The van der Waals surface area contributed by atoms with Crippen molar-refractivity contribution in [2.24, 2.45) is 0 Å². The number of nitrogens with zero attached hydrogens (tertiary/aromatic N) is 2. The van der Waals surface area contributed by atoms with Crippen molar-refractivity contribution < 1.29 is 0 Å². The highest BCUT2D eigenvalue weighted by molar-refractivity contribution is 7.26. The van der Waals surface area contributed by atoms with E-state index in [0.29, 0.717) is 0 Å². The first-order valence-corrected chi connectivity index (χ1v) is 32.1. The van der Waals surface area contributed by atoms with E-state index in [1.807, 2.05) is 11.3 Å². The van der Waals surface area contributed by atoms with Crippen LogP contribution in [0.2, 0.25) is 0 Å². The Kier molecular flexibility index (Phi) is 12.5. The topological polar surface area (TPSA) is 6.48 Å². The van der Waals surface area contributed by atoms with E-state index in [1.165, 1.54) is 123 Å². The molecule has 3 heteroatoms. The number of hydrogen-bond donors (Lipinski definition) is 0. The molecule has 0 spiro atoms. The number of benzene rings is 17. The molecule has 18 aromatic rings. The fourth-order valence-corrected chi connectivity index (χ4v) is 15.6. The van der Waals surface area contributed by atoms with Crippen molar-refractivity contribution in [2.45, 2.75) is 0 Å². The monoisotopic (exact) mass is 1170 g/mol. The molecular formula is C88H56N2S. The van der Waals surface area contributed by atoms with E-state index in [-0.39, 0.29) is 0 Å². The number of fused-ring (bicyclic) bond motifs is 14. The molecule has 0 aliphatic rings. The smallest absolute Gasteiger partial charge is 0.0546 e. The normalized spacial score (nSPS) is 11.7. The number of hydrogen-bond acceptors (Lipinski definition) is 3. The summed E-state index contributed by atoms with van der Waals surface area (Å²) >= 11 is 1.88. The summed E-state index contributed by atoms with van der Waals surface area (Å²) in [5.41, 5.74) is 15.8. The molecule has 0 radical (unpaired) electrons. The lowest BCUT2D eigenvalue weighted by Crippen LogP contribution is -2.14. The summed E-state index contributed by atoms with van der Waals surface area (Å²) in [7, 11) is 0. The van der Waals surface area contributed by atoms with Gasteiger partial charge in [-0.15, -0.1) is 11.3 Å². The van der Waals surface area contributed by atoms with Gasteiger partial charge in [-0.2, -0.15) is 0 Å². The van der Waals surface area contributed by atoms with E-state index in [4.69, 9.17) is 0 Å². The molecule has 424 valence electrons. The lowest BCUT2D eigenvalue weighted by Gasteiger charge is -2.32. The number of para-hydroxylation sites is 2. The molecule has 0 aliphatic carbocycles. The van der Waals surface area contributed by atoms with E-state index in [9.17, 15) is 0 Å². The lowest BCUT2D eigenvalue weighted by atomic mass is 9.94. The van der Waals surface area contributed by atoms with Crippen molar-refractivity contribution in [2.75, 3.05) is 9.80 Å². The highest BCUT2D eigenvalue weighted by Crippen LogP contribution is 2.51. The Morgan fingerprint density at radius 1 is 0.187 bits per heavy atom. The molecule has 1 aromatic heterocycles. The predicted molar refractivity (Wildman–Crippen MR) is 393 cm³/mol. The quantitative estimate of drug-likeness (QED) is 0.126. The van der Waals surface area contributed by atoms with Gasteiger partial charge in [0.15, 0.2) is 0 Å². The van der Waals surface area contributed by atoms with Crippen LogP contribution in [0, 0.1) is 0 Å². The van der Waals surface area contributed by atoms with Gasteiger partial charge in [-0.05, 0) is 182 Å². The first-order valence-electron chi connectivity index (χ1n) is 31.3. The van der Waals surface area contributed by atoms with Crippen LogP contribution in [0.25, 0.3) is 140 Å². The molecule has 17 aromatic carbocycles. The first kappa shape index (κ1) is 52.5. The Labute approximate surface area is 531 Å². The molecule has 0 saturated heterocycles. The minimum Gasteiger partial charge on any atom is -0.310 e. The summed E-state index contributed by atoms with van der Waals surface area (Å²) in [5.74, 6) is 0. The Hall–Kier alpha value is -11.6. The zero-order chi connectivity index (χ0) is 59.9. The van der Waals surface area contributed by atoms with Crippen molar-refractivity contribution in [1.29, 1.82) is 0 Å². The maximum atomic E-state index is 2.51. The second-order valence-electron chi connectivity index (χ2n) is 23.9. The molecule has 0 aliphatic heterocycles. The number of rotatable bonds is 10. The minimum atomic E-state index is 1.06. The van der Waals surface area contributed by atoms with Crippen LogP contribution in [-0.4, -0.2) is 0 Å².